The molecule has 0 spiro atoms. The zero-order valence-corrected chi connectivity index (χ0v) is 12.5. The fraction of sp³-hybridized carbons (Fsp3) is 0.769. The molecule has 1 heterocycles. The first-order valence-corrected chi connectivity index (χ1v) is 7.68. The van der Waals surface area contributed by atoms with E-state index in [9.17, 15) is 4.79 Å². The smallest absolute Gasteiger partial charge is 0.313 e. The van der Waals surface area contributed by atoms with Gasteiger partial charge < -0.3 is 9.67 Å². The summed E-state index contributed by atoms with van der Waals surface area (Å²) in [5.41, 5.74) is -0.123. The molecule has 1 saturated carbocycles. The number of carboxylic acids is 1. The van der Waals surface area contributed by atoms with E-state index < -0.39 is 5.97 Å². The Balaban J connectivity index is 2.30. The first kappa shape index (κ1) is 14.4. The van der Waals surface area contributed by atoms with Crippen LogP contribution < -0.4 is 0 Å². The predicted octanol–water partition coefficient (Wildman–Crippen LogP) is 2.87. The van der Waals surface area contributed by atoms with Gasteiger partial charge in [-0.3, -0.25) is 4.79 Å². The van der Waals surface area contributed by atoms with Crippen LogP contribution in [0.5, 0.6) is 0 Å². The van der Waals surface area contributed by atoms with Crippen LogP contribution >= 0.6 is 11.8 Å². The molecule has 0 aliphatic heterocycles. The summed E-state index contributed by atoms with van der Waals surface area (Å²) in [7, 11) is 0. The van der Waals surface area contributed by atoms with Crippen molar-refractivity contribution in [2.75, 3.05) is 5.75 Å². The average molecular weight is 283 g/mol. The van der Waals surface area contributed by atoms with Crippen molar-refractivity contribution in [3.63, 3.8) is 0 Å². The molecule has 2 rings (SSSR count). The van der Waals surface area contributed by atoms with E-state index in [4.69, 9.17) is 5.11 Å². The second-order valence-electron chi connectivity index (χ2n) is 6.01. The lowest BCUT2D eigenvalue weighted by Crippen LogP contribution is -2.26. The van der Waals surface area contributed by atoms with Crippen molar-refractivity contribution in [3.05, 3.63) is 5.82 Å². The zero-order chi connectivity index (χ0) is 14.0. The third-order valence-electron chi connectivity index (χ3n) is 3.37. The second kappa shape index (κ2) is 5.53. The Morgan fingerprint density at radius 1 is 1.37 bits per heavy atom. The van der Waals surface area contributed by atoms with Gasteiger partial charge in [0, 0.05) is 11.5 Å². The van der Waals surface area contributed by atoms with Crippen LogP contribution in [0.4, 0.5) is 0 Å². The zero-order valence-electron chi connectivity index (χ0n) is 11.7. The number of carboxylic acid groups (broad SMARTS) is 1. The molecule has 1 aromatic rings. The summed E-state index contributed by atoms with van der Waals surface area (Å²) in [6, 6.07) is 0. The van der Waals surface area contributed by atoms with Gasteiger partial charge in [0.05, 0.1) is 5.75 Å². The van der Waals surface area contributed by atoms with Gasteiger partial charge in [0.25, 0.3) is 0 Å². The van der Waals surface area contributed by atoms with E-state index in [-0.39, 0.29) is 11.3 Å². The van der Waals surface area contributed by atoms with Gasteiger partial charge in [-0.1, -0.05) is 24.6 Å². The van der Waals surface area contributed by atoms with E-state index in [0.29, 0.717) is 5.92 Å². The molecule has 0 amide bonds. The minimum atomic E-state index is -0.823. The Hall–Kier alpha value is -1.04. The van der Waals surface area contributed by atoms with E-state index in [1.165, 1.54) is 24.6 Å². The first-order valence-electron chi connectivity index (χ1n) is 6.70. The van der Waals surface area contributed by atoms with Crippen LogP contribution in [0.15, 0.2) is 5.16 Å². The lowest BCUT2D eigenvalue weighted by Gasteiger charge is -2.26. The molecule has 0 saturated heterocycles. The number of carbonyl (C=O) groups is 1. The van der Waals surface area contributed by atoms with Crippen LogP contribution in [0.3, 0.4) is 0 Å². The normalized spacial score (nSPS) is 17.0. The maximum Gasteiger partial charge on any atom is 0.313 e. The van der Waals surface area contributed by atoms with Gasteiger partial charge in [-0.25, -0.2) is 0 Å². The molecular formula is C13H21N3O2S. The van der Waals surface area contributed by atoms with Crippen molar-refractivity contribution in [1.82, 2.24) is 14.8 Å². The molecule has 5 nitrogen and oxygen atoms in total. The monoisotopic (exact) mass is 283 g/mol. The molecule has 0 bridgehead atoms. The molecule has 1 aromatic heterocycles. The van der Waals surface area contributed by atoms with Crippen molar-refractivity contribution in [1.29, 1.82) is 0 Å². The molecule has 0 radical (unpaired) electrons. The highest BCUT2D eigenvalue weighted by molar-refractivity contribution is 7.99. The van der Waals surface area contributed by atoms with E-state index in [0.717, 1.165) is 23.8 Å². The van der Waals surface area contributed by atoms with Crippen LogP contribution in [-0.2, 0) is 10.3 Å². The van der Waals surface area contributed by atoms with E-state index in [1.54, 1.807) is 0 Å². The SMILES string of the molecule is CC(C)(C)n1c(SCC(=O)O)nnc1C1CCCC1. The van der Waals surface area contributed by atoms with E-state index in [1.807, 2.05) is 0 Å². The van der Waals surface area contributed by atoms with Crippen molar-refractivity contribution < 1.29 is 9.90 Å². The van der Waals surface area contributed by atoms with Gasteiger partial charge in [-0.05, 0) is 33.6 Å². The number of aromatic nitrogens is 3. The van der Waals surface area contributed by atoms with Crippen LogP contribution in [-0.4, -0.2) is 31.6 Å². The van der Waals surface area contributed by atoms with Gasteiger partial charge >= 0.3 is 5.97 Å². The van der Waals surface area contributed by atoms with E-state index >= 15 is 0 Å². The molecular weight excluding hydrogens is 262 g/mol. The quantitative estimate of drug-likeness (QED) is 0.861. The van der Waals surface area contributed by atoms with Gasteiger partial charge in [-0.15, -0.1) is 10.2 Å². The van der Waals surface area contributed by atoms with Crippen molar-refractivity contribution >= 4 is 17.7 Å². The summed E-state index contributed by atoms with van der Waals surface area (Å²) >= 11 is 1.25. The summed E-state index contributed by atoms with van der Waals surface area (Å²) in [5, 5.41) is 18.1. The largest absolute Gasteiger partial charge is 0.481 e. The molecule has 1 aliphatic carbocycles. The third-order valence-corrected chi connectivity index (χ3v) is 4.29. The van der Waals surface area contributed by atoms with Crippen molar-refractivity contribution in [2.24, 2.45) is 0 Å². The topological polar surface area (TPSA) is 68.0 Å². The summed E-state index contributed by atoms with van der Waals surface area (Å²) in [4.78, 5) is 10.7. The maximum absolute atomic E-state index is 10.7. The van der Waals surface area contributed by atoms with Gasteiger partial charge in [0.2, 0.25) is 0 Å². The Kier molecular flexibility index (Phi) is 4.18. The van der Waals surface area contributed by atoms with Crippen LogP contribution in [0.2, 0.25) is 0 Å². The number of thioether (sulfide) groups is 1. The predicted molar refractivity (Wildman–Crippen MR) is 74.6 cm³/mol. The second-order valence-corrected chi connectivity index (χ2v) is 6.95. The Morgan fingerprint density at radius 3 is 2.53 bits per heavy atom. The highest BCUT2D eigenvalue weighted by Gasteiger charge is 2.29. The lowest BCUT2D eigenvalue weighted by atomic mass is 10.0. The molecule has 0 atom stereocenters. The van der Waals surface area contributed by atoms with Crippen LogP contribution in [0, 0.1) is 0 Å². The molecule has 106 valence electrons. The van der Waals surface area contributed by atoms with Gasteiger partial charge in [0.15, 0.2) is 5.16 Å². The Bertz CT molecular complexity index is 459. The fourth-order valence-electron chi connectivity index (χ4n) is 2.58. The number of nitrogens with zero attached hydrogens (tertiary/aromatic N) is 3. The number of hydrogen-bond donors (Lipinski definition) is 1. The minimum Gasteiger partial charge on any atom is -0.481 e. The third kappa shape index (κ3) is 3.29. The average Bonchev–Trinajstić information content (AvgIpc) is 2.93. The van der Waals surface area contributed by atoms with Crippen LogP contribution in [0.25, 0.3) is 0 Å². The first-order chi connectivity index (χ1) is 8.89. The minimum absolute atomic E-state index is 0.0267. The maximum atomic E-state index is 10.7. The summed E-state index contributed by atoms with van der Waals surface area (Å²) in [5.74, 6) is 0.707. The summed E-state index contributed by atoms with van der Waals surface area (Å²) in [6.07, 6.45) is 4.83. The van der Waals surface area contributed by atoms with E-state index in [2.05, 4.69) is 35.5 Å². The highest BCUT2D eigenvalue weighted by Crippen LogP contribution is 2.37. The number of hydrogen-bond acceptors (Lipinski definition) is 4. The highest BCUT2D eigenvalue weighted by atomic mass is 32.2. The molecule has 1 N–H and O–H groups in total. The molecule has 0 unspecified atom stereocenters. The molecule has 1 aliphatic rings. The summed E-state index contributed by atoms with van der Waals surface area (Å²) in [6.45, 7) is 6.33. The molecule has 6 heteroatoms. The van der Waals surface area contributed by atoms with Gasteiger partial charge in [0.1, 0.15) is 5.82 Å². The molecule has 0 aromatic carbocycles. The fourth-order valence-corrected chi connectivity index (χ4v) is 3.43. The van der Waals surface area contributed by atoms with Gasteiger partial charge in [-0.2, -0.15) is 0 Å². The van der Waals surface area contributed by atoms with Crippen LogP contribution in [0.1, 0.15) is 58.2 Å². The molecule has 19 heavy (non-hydrogen) atoms. The Labute approximate surface area is 117 Å². The van der Waals surface area contributed by atoms with Crippen molar-refractivity contribution in [2.45, 2.75) is 63.1 Å². The standard InChI is InChI=1S/C13H21N3O2S/c1-13(2,3)16-11(9-6-4-5-7-9)14-15-12(16)19-8-10(17)18/h9H,4-8H2,1-3H3,(H,17,18). The lowest BCUT2D eigenvalue weighted by molar-refractivity contribution is -0.133. The van der Waals surface area contributed by atoms with Crippen molar-refractivity contribution in [3.8, 4) is 0 Å². The number of aliphatic carboxylic acids is 1. The molecule has 1 fully saturated rings. The summed E-state index contributed by atoms with van der Waals surface area (Å²) < 4.78 is 2.12. The number of rotatable bonds is 4. The Morgan fingerprint density at radius 2 is 2.00 bits per heavy atom.